The first-order valence-corrected chi connectivity index (χ1v) is 5.74. The molecule has 82 valence electrons. The van der Waals surface area contributed by atoms with Gasteiger partial charge in [-0.1, -0.05) is 6.92 Å². The molecule has 1 rings (SSSR count). The third-order valence-corrected chi connectivity index (χ3v) is 2.57. The van der Waals surface area contributed by atoms with Crippen molar-refractivity contribution in [1.82, 2.24) is 0 Å². The van der Waals surface area contributed by atoms with Crippen molar-refractivity contribution >= 4 is 17.7 Å². The molecule has 4 heteroatoms. The van der Waals surface area contributed by atoms with Crippen LogP contribution in [0.5, 0.6) is 0 Å². The van der Waals surface area contributed by atoms with Crippen molar-refractivity contribution in [3.63, 3.8) is 0 Å². The van der Waals surface area contributed by atoms with Gasteiger partial charge in [-0.2, -0.15) is 0 Å². The number of carbonyl (C=O) groups is 1. The van der Waals surface area contributed by atoms with E-state index in [1.54, 1.807) is 5.41 Å². The van der Waals surface area contributed by atoms with Crippen LogP contribution in [0.3, 0.4) is 0 Å². The van der Waals surface area contributed by atoms with Crippen LogP contribution in [-0.2, 0) is 21.7 Å². The number of ether oxygens (including phenoxy) is 1. The first kappa shape index (κ1) is 11.9. The van der Waals surface area contributed by atoms with Gasteiger partial charge < -0.3 is 9.15 Å². The third kappa shape index (κ3) is 4.25. The highest BCUT2D eigenvalue weighted by molar-refractivity contribution is 8.01. The molecule has 0 aliphatic carbocycles. The van der Waals surface area contributed by atoms with E-state index in [1.807, 2.05) is 19.1 Å². The Morgan fingerprint density at radius 2 is 2.27 bits per heavy atom. The summed E-state index contributed by atoms with van der Waals surface area (Å²) >= 11 is 1.50. The standard InChI is InChI=1S/C11H14O3S/c1-3-9-4-5-10(14-9)8-15-7-6-11(12)13-2/h4-7H,3,8H2,1-2H3/b7-6+. The first-order valence-electron chi connectivity index (χ1n) is 4.70. The van der Waals surface area contributed by atoms with E-state index >= 15 is 0 Å². The Morgan fingerprint density at radius 1 is 1.53 bits per heavy atom. The summed E-state index contributed by atoms with van der Waals surface area (Å²) in [5.41, 5.74) is 0. The molecule has 0 aliphatic rings. The number of aryl methyl sites for hydroxylation is 1. The lowest BCUT2D eigenvalue weighted by Gasteiger charge is -1.92. The van der Waals surface area contributed by atoms with Crippen molar-refractivity contribution in [2.45, 2.75) is 19.1 Å². The van der Waals surface area contributed by atoms with Crippen molar-refractivity contribution in [2.75, 3.05) is 7.11 Å². The van der Waals surface area contributed by atoms with Crippen LogP contribution in [0.25, 0.3) is 0 Å². The number of hydrogen-bond acceptors (Lipinski definition) is 4. The topological polar surface area (TPSA) is 39.4 Å². The van der Waals surface area contributed by atoms with Crippen LogP contribution in [0.15, 0.2) is 28.0 Å². The summed E-state index contributed by atoms with van der Waals surface area (Å²) in [7, 11) is 1.36. The van der Waals surface area contributed by atoms with E-state index in [-0.39, 0.29) is 5.97 Å². The van der Waals surface area contributed by atoms with Crippen LogP contribution in [0.2, 0.25) is 0 Å². The second kappa shape index (κ2) is 6.35. The zero-order valence-electron chi connectivity index (χ0n) is 8.86. The van der Waals surface area contributed by atoms with E-state index in [2.05, 4.69) is 4.74 Å². The molecule has 0 bridgehead atoms. The molecule has 0 saturated carbocycles. The highest BCUT2D eigenvalue weighted by Gasteiger charge is 1.99. The van der Waals surface area contributed by atoms with Gasteiger partial charge >= 0.3 is 5.97 Å². The van der Waals surface area contributed by atoms with Crippen molar-refractivity contribution in [3.05, 3.63) is 35.1 Å². The molecule has 0 fully saturated rings. The monoisotopic (exact) mass is 226 g/mol. The van der Waals surface area contributed by atoms with E-state index in [0.717, 1.165) is 23.7 Å². The molecule has 0 radical (unpaired) electrons. The summed E-state index contributed by atoms with van der Waals surface area (Å²) in [5.74, 6) is 2.30. The molecule has 0 atom stereocenters. The Hall–Kier alpha value is -1.16. The fraction of sp³-hybridized carbons (Fsp3) is 0.364. The predicted octanol–water partition coefficient (Wildman–Crippen LogP) is 2.76. The molecule has 0 spiro atoms. The minimum Gasteiger partial charge on any atom is -0.466 e. The summed E-state index contributed by atoms with van der Waals surface area (Å²) in [4.78, 5) is 10.7. The van der Waals surface area contributed by atoms with Crippen LogP contribution >= 0.6 is 11.8 Å². The van der Waals surface area contributed by atoms with E-state index in [0.29, 0.717) is 0 Å². The normalized spacial score (nSPS) is 10.8. The molecule has 1 aromatic heterocycles. The zero-order chi connectivity index (χ0) is 11.1. The van der Waals surface area contributed by atoms with Crippen molar-refractivity contribution in [2.24, 2.45) is 0 Å². The fourth-order valence-corrected chi connectivity index (χ4v) is 1.61. The lowest BCUT2D eigenvalue weighted by Crippen LogP contribution is -1.92. The quantitative estimate of drug-likeness (QED) is 0.571. The number of hydrogen-bond donors (Lipinski definition) is 0. The van der Waals surface area contributed by atoms with Gasteiger partial charge in [0.15, 0.2) is 0 Å². The van der Waals surface area contributed by atoms with Crippen LogP contribution in [-0.4, -0.2) is 13.1 Å². The van der Waals surface area contributed by atoms with Crippen molar-refractivity contribution in [1.29, 1.82) is 0 Å². The molecular formula is C11H14O3S. The van der Waals surface area contributed by atoms with Gasteiger partial charge in [-0.15, -0.1) is 11.8 Å². The lowest BCUT2D eigenvalue weighted by molar-refractivity contribution is -0.134. The largest absolute Gasteiger partial charge is 0.466 e. The van der Waals surface area contributed by atoms with Gasteiger partial charge in [0.1, 0.15) is 11.5 Å². The predicted molar refractivity (Wildman–Crippen MR) is 60.5 cm³/mol. The van der Waals surface area contributed by atoms with Crippen molar-refractivity contribution < 1.29 is 13.9 Å². The summed E-state index contributed by atoms with van der Waals surface area (Å²) in [6.07, 6.45) is 2.30. The second-order valence-corrected chi connectivity index (χ2v) is 3.75. The van der Waals surface area contributed by atoms with Crippen LogP contribution in [0, 0.1) is 0 Å². The number of furan rings is 1. The number of methoxy groups -OCH3 is 1. The van der Waals surface area contributed by atoms with Crippen LogP contribution < -0.4 is 0 Å². The third-order valence-electron chi connectivity index (χ3n) is 1.79. The van der Waals surface area contributed by atoms with E-state index in [9.17, 15) is 4.79 Å². The molecule has 0 N–H and O–H groups in total. The van der Waals surface area contributed by atoms with Crippen LogP contribution in [0.1, 0.15) is 18.4 Å². The molecule has 3 nitrogen and oxygen atoms in total. The van der Waals surface area contributed by atoms with Gasteiger partial charge in [-0.3, -0.25) is 0 Å². The number of esters is 1. The average molecular weight is 226 g/mol. The molecule has 0 aliphatic heterocycles. The van der Waals surface area contributed by atoms with Gasteiger partial charge in [-0.05, 0) is 17.5 Å². The Labute approximate surface area is 93.5 Å². The Balaban J connectivity index is 2.31. The van der Waals surface area contributed by atoms with E-state index in [4.69, 9.17) is 4.42 Å². The minimum absolute atomic E-state index is 0.337. The number of carbonyl (C=O) groups excluding carboxylic acids is 1. The minimum atomic E-state index is -0.337. The number of rotatable bonds is 5. The Bertz CT molecular complexity index is 341. The maximum atomic E-state index is 10.7. The summed E-state index contributed by atoms with van der Waals surface area (Å²) in [5, 5.41) is 1.71. The average Bonchev–Trinajstić information content (AvgIpc) is 2.72. The molecule has 15 heavy (non-hydrogen) atoms. The van der Waals surface area contributed by atoms with Gasteiger partial charge in [0, 0.05) is 12.5 Å². The second-order valence-electron chi connectivity index (χ2n) is 2.86. The smallest absolute Gasteiger partial charge is 0.330 e. The molecule has 1 aromatic rings. The molecular weight excluding hydrogens is 212 g/mol. The highest BCUT2D eigenvalue weighted by atomic mass is 32.2. The lowest BCUT2D eigenvalue weighted by atomic mass is 10.4. The SMILES string of the molecule is CCc1ccc(CS/C=C/C(=O)OC)o1. The van der Waals surface area contributed by atoms with Crippen LogP contribution in [0.4, 0.5) is 0 Å². The molecule has 1 heterocycles. The van der Waals surface area contributed by atoms with E-state index in [1.165, 1.54) is 24.9 Å². The molecule has 0 saturated heterocycles. The molecule has 0 unspecified atom stereocenters. The van der Waals surface area contributed by atoms with Gasteiger partial charge in [-0.25, -0.2) is 4.79 Å². The maximum Gasteiger partial charge on any atom is 0.330 e. The van der Waals surface area contributed by atoms with Gasteiger partial charge in [0.05, 0.1) is 12.9 Å². The number of thioether (sulfide) groups is 1. The Kier molecular flexibility index (Phi) is 5.04. The first-order chi connectivity index (χ1) is 7.26. The summed E-state index contributed by atoms with van der Waals surface area (Å²) in [6.45, 7) is 2.05. The van der Waals surface area contributed by atoms with E-state index < -0.39 is 0 Å². The van der Waals surface area contributed by atoms with Crippen molar-refractivity contribution in [3.8, 4) is 0 Å². The van der Waals surface area contributed by atoms with Gasteiger partial charge in [0.25, 0.3) is 0 Å². The zero-order valence-corrected chi connectivity index (χ0v) is 9.67. The molecule has 0 aromatic carbocycles. The summed E-state index contributed by atoms with van der Waals surface area (Å²) in [6, 6.07) is 3.93. The fourth-order valence-electron chi connectivity index (χ4n) is 0.992. The Morgan fingerprint density at radius 3 is 2.87 bits per heavy atom. The summed E-state index contributed by atoms with van der Waals surface area (Å²) < 4.78 is 9.96. The highest BCUT2D eigenvalue weighted by Crippen LogP contribution is 2.16. The molecule has 0 amide bonds. The van der Waals surface area contributed by atoms with Gasteiger partial charge in [0.2, 0.25) is 0 Å². The maximum absolute atomic E-state index is 10.7.